The molecule has 2 N–H and O–H groups in total. The number of aliphatic imine (C=N–C) groups is 1. The predicted octanol–water partition coefficient (Wildman–Crippen LogP) is 3.19. The minimum Gasteiger partial charge on any atom is -0.497 e. The van der Waals surface area contributed by atoms with Gasteiger partial charge in [-0.3, -0.25) is 14.9 Å². The van der Waals surface area contributed by atoms with Gasteiger partial charge in [0, 0.05) is 56.9 Å². The minimum atomic E-state index is 0.347. The Kier molecular flexibility index (Phi) is 7.07. The third kappa shape index (κ3) is 5.29. The fourth-order valence-electron chi connectivity index (χ4n) is 4.19. The molecule has 1 aliphatic heterocycles. The van der Waals surface area contributed by atoms with E-state index in [9.17, 15) is 0 Å². The van der Waals surface area contributed by atoms with Crippen molar-refractivity contribution in [3.63, 3.8) is 0 Å². The van der Waals surface area contributed by atoms with Gasteiger partial charge in [0.2, 0.25) is 0 Å². The van der Waals surface area contributed by atoms with E-state index in [1.165, 1.54) is 5.56 Å². The SMILES string of the molecule is CN=C(NCc1cccc2cccnc12)NC1CCN(Cc2cc(OC)cc(OC)c2)C1. The second-order valence-corrected chi connectivity index (χ2v) is 8.00. The summed E-state index contributed by atoms with van der Waals surface area (Å²) in [6.07, 6.45) is 2.90. The van der Waals surface area contributed by atoms with Gasteiger partial charge >= 0.3 is 0 Å². The second kappa shape index (κ2) is 10.3. The molecular formula is C25H31N5O2. The zero-order chi connectivity index (χ0) is 22.3. The molecule has 0 amide bonds. The summed E-state index contributed by atoms with van der Waals surface area (Å²) in [7, 11) is 5.18. The van der Waals surface area contributed by atoms with E-state index in [4.69, 9.17) is 9.47 Å². The van der Waals surface area contributed by atoms with Crippen molar-refractivity contribution in [3.8, 4) is 11.5 Å². The number of benzene rings is 2. The van der Waals surface area contributed by atoms with Gasteiger partial charge in [-0.1, -0.05) is 24.3 Å². The predicted molar refractivity (Wildman–Crippen MR) is 128 cm³/mol. The maximum Gasteiger partial charge on any atom is 0.191 e. The normalized spacial score (nSPS) is 16.8. The lowest BCUT2D eigenvalue weighted by Gasteiger charge is -2.19. The molecule has 4 rings (SSSR count). The third-order valence-electron chi connectivity index (χ3n) is 5.82. The molecule has 7 heteroatoms. The van der Waals surface area contributed by atoms with Crippen LogP contribution in [0.5, 0.6) is 11.5 Å². The number of hydrogen-bond acceptors (Lipinski definition) is 5. The summed E-state index contributed by atoms with van der Waals surface area (Å²) in [5, 5.41) is 8.17. The first-order valence-corrected chi connectivity index (χ1v) is 10.9. The number of likely N-dealkylation sites (tertiary alicyclic amines) is 1. The summed E-state index contributed by atoms with van der Waals surface area (Å²) in [5.74, 6) is 2.45. The van der Waals surface area contributed by atoms with Crippen LogP contribution in [-0.4, -0.2) is 56.2 Å². The Balaban J connectivity index is 1.32. The van der Waals surface area contributed by atoms with Crippen LogP contribution in [0.15, 0.2) is 59.7 Å². The number of rotatable bonds is 7. The average molecular weight is 434 g/mol. The fourth-order valence-corrected chi connectivity index (χ4v) is 4.19. The third-order valence-corrected chi connectivity index (χ3v) is 5.82. The molecule has 168 valence electrons. The molecule has 0 bridgehead atoms. The topological polar surface area (TPSA) is 71.0 Å². The fraction of sp³-hybridized carbons (Fsp3) is 0.360. The smallest absolute Gasteiger partial charge is 0.191 e. The first-order valence-electron chi connectivity index (χ1n) is 10.9. The molecule has 0 spiro atoms. The monoisotopic (exact) mass is 433 g/mol. The Morgan fingerprint density at radius 2 is 1.91 bits per heavy atom. The van der Waals surface area contributed by atoms with Crippen LogP contribution in [0.25, 0.3) is 10.9 Å². The molecule has 0 saturated carbocycles. The van der Waals surface area contributed by atoms with Gasteiger partial charge in [0.1, 0.15) is 11.5 Å². The summed E-state index contributed by atoms with van der Waals surface area (Å²) >= 11 is 0. The van der Waals surface area contributed by atoms with Crippen LogP contribution in [0.2, 0.25) is 0 Å². The lowest BCUT2D eigenvalue weighted by molar-refractivity contribution is 0.321. The minimum absolute atomic E-state index is 0.347. The zero-order valence-electron chi connectivity index (χ0n) is 19.0. The van der Waals surface area contributed by atoms with Gasteiger partial charge in [-0.05, 0) is 35.7 Å². The number of nitrogens with one attached hydrogen (secondary N) is 2. The molecule has 1 aliphatic rings. The number of hydrogen-bond donors (Lipinski definition) is 2. The first kappa shape index (κ1) is 21.9. The van der Waals surface area contributed by atoms with E-state index < -0.39 is 0 Å². The lowest BCUT2D eigenvalue weighted by Crippen LogP contribution is -2.44. The quantitative estimate of drug-likeness (QED) is 0.441. The number of aromatic nitrogens is 1. The Morgan fingerprint density at radius 3 is 2.66 bits per heavy atom. The Labute approximate surface area is 189 Å². The van der Waals surface area contributed by atoms with Crippen molar-refractivity contribution in [1.29, 1.82) is 0 Å². The molecule has 1 unspecified atom stereocenters. The van der Waals surface area contributed by atoms with Crippen LogP contribution >= 0.6 is 0 Å². The maximum atomic E-state index is 5.40. The van der Waals surface area contributed by atoms with E-state index in [2.05, 4.69) is 61.9 Å². The highest BCUT2D eigenvalue weighted by Gasteiger charge is 2.23. The van der Waals surface area contributed by atoms with Crippen LogP contribution in [0.3, 0.4) is 0 Å². The second-order valence-electron chi connectivity index (χ2n) is 8.00. The van der Waals surface area contributed by atoms with Gasteiger partial charge in [-0.2, -0.15) is 0 Å². The summed E-state index contributed by atoms with van der Waals surface area (Å²) < 4.78 is 10.8. The highest BCUT2D eigenvalue weighted by molar-refractivity contribution is 5.83. The first-order chi connectivity index (χ1) is 15.7. The number of ether oxygens (including phenoxy) is 2. The molecule has 2 heterocycles. The molecular weight excluding hydrogens is 402 g/mol. The molecule has 1 aromatic heterocycles. The van der Waals surface area contributed by atoms with E-state index in [0.29, 0.717) is 12.6 Å². The van der Waals surface area contributed by atoms with Crippen molar-refractivity contribution in [2.75, 3.05) is 34.4 Å². The van der Waals surface area contributed by atoms with Crippen LogP contribution < -0.4 is 20.1 Å². The highest BCUT2D eigenvalue weighted by Crippen LogP contribution is 2.24. The van der Waals surface area contributed by atoms with E-state index in [1.807, 2.05) is 25.4 Å². The number of fused-ring (bicyclic) bond motifs is 1. The molecule has 3 aromatic rings. The number of nitrogens with zero attached hydrogens (tertiary/aromatic N) is 3. The van der Waals surface area contributed by atoms with Crippen molar-refractivity contribution >= 4 is 16.9 Å². The highest BCUT2D eigenvalue weighted by atomic mass is 16.5. The number of para-hydroxylation sites is 1. The van der Waals surface area contributed by atoms with E-state index in [0.717, 1.165) is 60.0 Å². The number of pyridine rings is 1. The zero-order valence-corrected chi connectivity index (χ0v) is 19.0. The summed E-state index contributed by atoms with van der Waals surface area (Å²) in [6.45, 7) is 3.52. The van der Waals surface area contributed by atoms with Gasteiger partial charge in [-0.15, -0.1) is 0 Å². The molecule has 32 heavy (non-hydrogen) atoms. The lowest BCUT2D eigenvalue weighted by atomic mass is 10.1. The van der Waals surface area contributed by atoms with E-state index >= 15 is 0 Å². The van der Waals surface area contributed by atoms with Crippen LogP contribution in [0, 0.1) is 0 Å². The Bertz CT molecular complexity index is 1060. The molecule has 7 nitrogen and oxygen atoms in total. The average Bonchev–Trinajstić information content (AvgIpc) is 3.27. The van der Waals surface area contributed by atoms with Gasteiger partial charge in [-0.25, -0.2) is 0 Å². The molecule has 0 aliphatic carbocycles. The standard InChI is InChI=1S/C25H31N5O2/c1-26-25(28-15-20-7-4-6-19-8-5-10-27-24(19)20)29-21-9-11-30(17-21)16-18-12-22(31-2)14-23(13-18)32-3/h4-8,10,12-14,21H,9,11,15-17H2,1-3H3,(H2,26,28,29). The molecule has 0 radical (unpaired) electrons. The van der Waals surface area contributed by atoms with Gasteiger partial charge in [0.15, 0.2) is 5.96 Å². The largest absolute Gasteiger partial charge is 0.497 e. The van der Waals surface area contributed by atoms with Crippen LogP contribution in [0.1, 0.15) is 17.5 Å². The molecule has 2 aromatic carbocycles. The van der Waals surface area contributed by atoms with Crippen molar-refractivity contribution < 1.29 is 9.47 Å². The van der Waals surface area contributed by atoms with Gasteiger partial charge in [0.05, 0.1) is 19.7 Å². The van der Waals surface area contributed by atoms with Crippen LogP contribution in [0.4, 0.5) is 0 Å². The number of guanidine groups is 1. The Morgan fingerprint density at radius 1 is 1.12 bits per heavy atom. The molecule has 1 fully saturated rings. The van der Waals surface area contributed by atoms with Crippen molar-refractivity contribution in [2.45, 2.75) is 25.6 Å². The Hall–Kier alpha value is -3.32. The van der Waals surface area contributed by atoms with Crippen LogP contribution in [-0.2, 0) is 13.1 Å². The van der Waals surface area contributed by atoms with Crippen molar-refractivity contribution in [1.82, 2.24) is 20.5 Å². The number of methoxy groups -OCH3 is 2. The van der Waals surface area contributed by atoms with Crippen molar-refractivity contribution in [2.24, 2.45) is 4.99 Å². The van der Waals surface area contributed by atoms with E-state index in [1.54, 1.807) is 14.2 Å². The van der Waals surface area contributed by atoms with Gasteiger partial charge < -0.3 is 20.1 Å². The summed E-state index contributed by atoms with van der Waals surface area (Å²) in [6, 6.07) is 16.7. The molecule has 1 atom stereocenters. The summed E-state index contributed by atoms with van der Waals surface area (Å²) in [5.41, 5.74) is 3.37. The maximum absolute atomic E-state index is 5.40. The summed E-state index contributed by atoms with van der Waals surface area (Å²) in [4.78, 5) is 11.4. The van der Waals surface area contributed by atoms with E-state index in [-0.39, 0.29) is 0 Å². The van der Waals surface area contributed by atoms with Gasteiger partial charge in [0.25, 0.3) is 0 Å². The van der Waals surface area contributed by atoms with Crippen molar-refractivity contribution in [3.05, 3.63) is 65.9 Å². The molecule has 1 saturated heterocycles.